The van der Waals surface area contributed by atoms with Crippen LogP contribution in [0.25, 0.3) is 11.0 Å². The van der Waals surface area contributed by atoms with Crippen LogP contribution < -0.4 is 14.2 Å². The highest BCUT2D eigenvalue weighted by atomic mass is 16.6. The molecule has 0 unspecified atom stereocenters. The third-order valence-electron chi connectivity index (χ3n) is 4.43. The maximum Gasteiger partial charge on any atom is 0.374 e. The quantitative estimate of drug-likeness (QED) is 0.511. The predicted octanol–water partition coefficient (Wildman–Crippen LogP) is 3.99. The average molecular weight is 414 g/mol. The number of esters is 2. The van der Waals surface area contributed by atoms with Gasteiger partial charge in [-0.15, -0.1) is 0 Å². The molecule has 158 valence electrons. The minimum atomic E-state index is -0.659. The number of ether oxygens (including phenoxy) is 5. The molecular formula is C22H22O8. The Bertz CT molecular complexity index is 1070. The van der Waals surface area contributed by atoms with E-state index in [0.29, 0.717) is 22.3 Å². The minimum Gasteiger partial charge on any atom is -0.493 e. The van der Waals surface area contributed by atoms with Crippen molar-refractivity contribution < 1.29 is 37.7 Å². The maximum atomic E-state index is 12.8. The number of methoxy groups -OCH3 is 3. The summed E-state index contributed by atoms with van der Waals surface area (Å²) in [6.45, 7) is 1.70. The van der Waals surface area contributed by atoms with Crippen molar-refractivity contribution in [3.63, 3.8) is 0 Å². The third kappa shape index (κ3) is 3.89. The van der Waals surface area contributed by atoms with Crippen molar-refractivity contribution in [3.8, 4) is 17.2 Å². The lowest BCUT2D eigenvalue weighted by Gasteiger charge is -2.15. The van der Waals surface area contributed by atoms with E-state index >= 15 is 0 Å². The number of carbonyl (C=O) groups is 2. The fourth-order valence-electron chi connectivity index (χ4n) is 3.08. The molecule has 2 aromatic carbocycles. The van der Waals surface area contributed by atoms with Crippen LogP contribution in [0.4, 0.5) is 0 Å². The van der Waals surface area contributed by atoms with E-state index in [2.05, 4.69) is 0 Å². The van der Waals surface area contributed by atoms with Crippen LogP contribution in [0.3, 0.4) is 0 Å². The van der Waals surface area contributed by atoms with Gasteiger partial charge < -0.3 is 28.1 Å². The Kier molecular flexibility index (Phi) is 6.46. The van der Waals surface area contributed by atoms with E-state index in [4.69, 9.17) is 28.1 Å². The predicted molar refractivity (Wildman–Crippen MR) is 107 cm³/mol. The number of hydrogen-bond donors (Lipinski definition) is 0. The van der Waals surface area contributed by atoms with E-state index in [9.17, 15) is 9.59 Å². The maximum absolute atomic E-state index is 12.8. The van der Waals surface area contributed by atoms with Gasteiger partial charge >= 0.3 is 11.9 Å². The van der Waals surface area contributed by atoms with Crippen LogP contribution in [-0.4, -0.2) is 39.9 Å². The highest BCUT2D eigenvalue weighted by Crippen LogP contribution is 2.40. The first-order valence-corrected chi connectivity index (χ1v) is 9.19. The standard InChI is InChI=1S/C22H22O8/c1-5-28-22(24)19-15(13-8-6-7-9-16(13)30-19)12-29-21(23)14-10-11-17(25-2)20(27-4)18(14)26-3/h6-11H,5,12H2,1-4H3. The lowest BCUT2D eigenvalue weighted by molar-refractivity contribution is 0.0432. The Morgan fingerprint density at radius 2 is 1.60 bits per heavy atom. The molecule has 0 aliphatic rings. The topological polar surface area (TPSA) is 93.4 Å². The van der Waals surface area contributed by atoms with Gasteiger partial charge in [0.05, 0.1) is 33.5 Å². The highest BCUT2D eigenvalue weighted by molar-refractivity contribution is 5.97. The Labute approximate surface area is 173 Å². The molecule has 8 heteroatoms. The smallest absolute Gasteiger partial charge is 0.374 e. The summed E-state index contributed by atoms with van der Waals surface area (Å²) in [5.74, 6) is -0.405. The first-order chi connectivity index (χ1) is 14.5. The van der Waals surface area contributed by atoms with Crippen molar-refractivity contribution in [1.29, 1.82) is 0 Å². The lowest BCUT2D eigenvalue weighted by Crippen LogP contribution is -2.11. The summed E-state index contributed by atoms with van der Waals surface area (Å²) in [5, 5.41) is 0.660. The summed E-state index contributed by atoms with van der Waals surface area (Å²) in [5.41, 5.74) is 1.08. The van der Waals surface area contributed by atoms with Crippen molar-refractivity contribution in [2.45, 2.75) is 13.5 Å². The zero-order valence-electron chi connectivity index (χ0n) is 17.1. The van der Waals surface area contributed by atoms with E-state index in [1.807, 2.05) is 0 Å². The molecule has 1 heterocycles. The van der Waals surface area contributed by atoms with Crippen molar-refractivity contribution in [1.82, 2.24) is 0 Å². The molecule has 0 aliphatic carbocycles. The van der Waals surface area contributed by atoms with Crippen LogP contribution in [0.5, 0.6) is 17.2 Å². The third-order valence-corrected chi connectivity index (χ3v) is 4.43. The van der Waals surface area contributed by atoms with Gasteiger partial charge in [0.1, 0.15) is 17.8 Å². The molecular weight excluding hydrogens is 392 g/mol. The van der Waals surface area contributed by atoms with Gasteiger partial charge in [-0.05, 0) is 25.1 Å². The second-order valence-electron chi connectivity index (χ2n) is 6.08. The molecule has 0 amide bonds. The molecule has 0 saturated carbocycles. The van der Waals surface area contributed by atoms with Crippen LogP contribution in [0.2, 0.25) is 0 Å². The van der Waals surface area contributed by atoms with Crippen molar-refractivity contribution >= 4 is 22.9 Å². The van der Waals surface area contributed by atoms with E-state index < -0.39 is 11.9 Å². The lowest BCUT2D eigenvalue weighted by atomic mass is 10.1. The first kappa shape index (κ1) is 21.0. The van der Waals surface area contributed by atoms with E-state index in [0.717, 1.165) is 0 Å². The molecule has 30 heavy (non-hydrogen) atoms. The number of furan rings is 1. The van der Waals surface area contributed by atoms with Crippen LogP contribution in [0.15, 0.2) is 40.8 Å². The fraction of sp³-hybridized carbons (Fsp3) is 0.273. The molecule has 1 aromatic heterocycles. The zero-order valence-corrected chi connectivity index (χ0v) is 17.1. The average Bonchev–Trinajstić information content (AvgIpc) is 3.15. The molecule has 0 spiro atoms. The summed E-state index contributed by atoms with van der Waals surface area (Å²) in [6, 6.07) is 10.2. The summed E-state index contributed by atoms with van der Waals surface area (Å²) in [7, 11) is 4.34. The van der Waals surface area contributed by atoms with Gasteiger partial charge in [0.2, 0.25) is 11.5 Å². The van der Waals surface area contributed by atoms with Gasteiger partial charge in [0.15, 0.2) is 11.5 Å². The van der Waals surface area contributed by atoms with Gasteiger partial charge in [-0.2, -0.15) is 0 Å². The molecule has 0 radical (unpaired) electrons. The Morgan fingerprint density at radius 3 is 2.27 bits per heavy atom. The zero-order chi connectivity index (χ0) is 21.7. The van der Waals surface area contributed by atoms with Crippen LogP contribution in [-0.2, 0) is 16.1 Å². The van der Waals surface area contributed by atoms with Gasteiger partial charge in [-0.1, -0.05) is 18.2 Å². The normalized spacial score (nSPS) is 10.5. The molecule has 0 saturated heterocycles. The molecule has 0 fully saturated rings. The monoisotopic (exact) mass is 414 g/mol. The number of rotatable bonds is 8. The molecule has 0 atom stereocenters. The summed E-state index contributed by atoms with van der Waals surface area (Å²) >= 11 is 0. The Morgan fingerprint density at radius 1 is 0.867 bits per heavy atom. The number of benzene rings is 2. The largest absolute Gasteiger partial charge is 0.493 e. The molecule has 8 nitrogen and oxygen atoms in total. The van der Waals surface area contributed by atoms with Crippen molar-refractivity contribution in [2.75, 3.05) is 27.9 Å². The van der Waals surface area contributed by atoms with Crippen LogP contribution in [0.1, 0.15) is 33.4 Å². The summed E-state index contributed by atoms with van der Waals surface area (Å²) < 4.78 is 32.0. The number of para-hydroxylation sites is 1. The van der Waals surface area contributed by atoms with Gasteiger partial charge in [0.25, 0.3) is 0 Å². The second-order valence-corrected chi connectivity index (χ2v) is 6.08. The Balaban J connectivity index is 1.92. The second kappa shape index (κ2) is 9.21. The molecule has 0 aliphatic heterocycles. The minimum absolute atomic E-state index is 0.00475. The molecule has 3 rings (SSSR count). The number of fused-ring (bicyclic) bond motifs is 1. The van der Waals surface area contributed by atoms with Gasteiger partial charge in [-0.25, -0.2) is 9.59 Å². The van der Waals surface area contributed by atoms with Crippen molar-refractivity contribution in [3.05, 3.63) is 53.3 Å². The molecule has 0 bridgehead atoms. The molecule has 0 N–H and O–H groups in total. The SMILES string of the molecule is CCOC(=O)c1oc2ccccc2c1COC(=O)c1ccc(OC)c(OC)c1OC. The summed E-state index contributed by atoms with van der Waals surface area (Å²) in [6.07, 6.45) is 0. The van der Waals surface area contributed by atoms with Crippen LogP contribution >= 0.6 is 0 Å². The highest BCUT2D eigenvalue weighted by Gasteiger charge is 2.25. The Hall–Kier alpha value is -3.68. The fourth-order valence-corrected chi connectivity index (χ4v) is 3.08. The number of carbonyl (C=O) groups excluding carboxylic acids is 2. The van der Waals surface area contributed by atoms with Crippen molar-refractivity contribution in [2.24, 2.45) is 0 Å². The number of hydrogen-bond acceptors (Lipinski definition) is 8. The first-order valence-electron chi connectivity index (χ1n) is 9.19. The van der Waals surface area contributed by atoms with E-state index in [-0.39, 0.29) is 36.0 Å². The van der Waals surface area contributed by atoms with Gasteiger partial charge in [0, 0.05) is 5.39 Å². The van der Waals surface area contributed by atoms with Gasteiger partial charge in [-0.3, -0.25) is 0 Å². The molecule has 3 aromatic rings. The van der Waals surface area contributed by atoms with E-state index in [1.54, 1.807) is 37.3 Å². The van der Waals surface area contributed by atoms with E-state index in [1.165, 1.54) is 27.4 Å². The van der Waals surface area contributed by atoms with Crippen LogP contribution in [0, 0.1) is 0 Å². The summed E-state index contributed by atoms with van der Waals surface area (Å²) in [4.78, 5) is 25.1.